The molecule has 1 atom stereocenters. The van der Waals surface area contributed by atoms with Crippen LogP contribution >= 0.6 is 0 Å². The van der Waals surface area contributed by atoms with Crippen LogP contribution in [0.4, 0.5) is 0 Å². The third kappa shape index (κ3) is 37.7. The monoisotopic (exact) mass is 709 g/mol. The number of carbonyl (C=O) groups excluding carboxylic acids is 3. The summed E-state index contributed by atoms with van der Waals surface area (Å²) in [6.45, 7) is 11.2. The number of rotatable bonds is 38. The summed E-state index contributed by atoms with van der Waals surface area (Å²) in [6.07, 6.45) is 33.9. The number of hydrogen-bond donors (Lipinski definition) is 0. The van der Waals surface area contributed by atoms with Gasteiger partial charge >= 0.3 is 17.9 Å². The van der Waals surface area contributed by atoms with Crippen LogP contribution < -0.4 is 0 Å². The van der Waals surface area contributed by atoms with Gasteiger partial charge in [-0.05, 0) is 31.1 Å². The molecular formula is C44H84O6. The van der Waals surface area contributed by atoms with Crippen molar-refractivity contribution in [2.45, 2.75) is 240 Å². The molecule has 0 aliphatic carbocycles. The summed E-state index contributed by atoms with van der Waals surface area (Å²) < 4.78 is 16.6. The highest BCUT2D eigenvalue weighted by atomic mass is 16.6. The van der Waals surface area contributed by atoms with Gasteiger partial charge in [-0.15, -0.1) is 0 Å². The van der Waals surface area contributed by atoms with E-state index in [0.29, 0.717) is 19.3 Å². The maximum atomic E-state index is 12.6. The molecule has 0 aliphatic rings. The molecule has 0 saturated heterocycles. The van der Waals surface area contributed by atoms with E-state index >= 15 is 0 Å². The van der Waals surface area contributed by atoms with Gasteiger partial charge in [0.05, 0.1) is 0 Å². The fourth-order valence-electron chi connectivity index (χ4n) is 6.40. The smallest absolute Gasteiger partial charge is 0.306 e. The zero-order valence-corrected chi connectivity index (χ0v) is 34.0. The molecule has 0 fully saturated rings. The maximum Gasteiger partial charge on any atom is 0.306 e. The lowest BCUT2D eigenvalue weighted by Crippen LogP contribution is -2.30. The standard InChI is InChI=1S/C44H84O6/c1-6-7-8-9-10-14-19-26-31-36-44(47)50-41(38-49-43(46)35-30-25-21-20-23-28-33-40(4)5)37-48-42(45)34-29-24-18-16-13-11-12-15-17-22-27-32-39(2)3/h39-41H,6-38H2,1-5H3/t41-/m1/s1. The first kappa shape index (κ1) is 48.4. The first-order chi connectivity index (χ1) is 24.2. The topological polar surface area (TPSA) is 78.9 Å². The van der Waals surface area contributed by atoms with Crippen LogP contribution in [0.2, 0.25) is 0 Å². The van der Waals surface area contributed by atoms with Gasteiger partial charge < -0.3 is 14.2 Å². The van der Waals surface area contributed by atoms with Crippen molar-refractivity contribution in [2.75, 3.05) is 13.2 Å². The van der Waals surface area contributed by atoms with E-state index in [1.54, 1.807) is 0 Å². The van der Waals surface area contributed by atoms with Crippen LogP contribution in [-0.2, 0) is 28.6 Å². The quantitative estimate of drug-likeness (QED) is 0.0361. The van der Waals surface area contributed by atoms with Gasteiger partial charge in [0.2, 0.25) is 0 Å². The average Bonchev–Trinajstić information content (AvgIpc) is 3.08. The van der Waals surface area contributed by atoms with E-state index in [2.05, 4.69) is 34.6 Å². The maximum absolute atomic E-state index is 12.6. The van der Waals surface area contributed by atoms with Crippen molar-refractivity contribution in [3.05, 3.63) is 0 Å². The Labute approximate surface area is 310 Å². The van der Waals surface area contributed by atoms with Gasteiger partial charge in [-0.3, -0.25) is 14.4 Å². The number of ether oxygens (including phenoxy) is 3. The predicted molar refractivity (Wildman–Crippen MR) is 210 cm³/mol. The van der Waals surface area contributed by atoms with E-state index in [9.17, 15) is 14.4 Å². The Morgan fingerprint density at radius 2 is 0.660 bits per heavy atom. The normalized spacial score (nSPS) is 12.1. The van der Waals surface area contributed by atoms with Crippen molar-refractivity contribution in [3.8, 4) is 0 Å². The zero-order valence-electron chi connectivity index (χ0n) is 34.0. The number of unbranched alkanes of at least 4 members (excludes halogenated alkanes) is 23. The molecule has 0 aromatic carbocycles. The van der Waals surface area contributed by atoms with Gasteiger partial charge in [0, 0.05) is 19.3 Å². The second-order valence-corrected chi connectivity index (χ2v) is 15.9. The van der Waals surface area contributed by atoms with Gasteiger partial charge in [-0.2, -0.15) is 0 Å². The van der Waals surface area contributed by atoms with Crippen LogP contribution in [0, 0.1) is 11.8 Å². The van der Waals surface area contributed by atoms with Crippen LogP contribution in [0.5, 0.6) is 0 Å². The summed E-state index contributed by atoms with van der Waals surface area (Å²) in [5.74, 6) is 0.723. The Balaban J connectivity index is 4.29. The minimum Gasteiger partial charge on any atom is -0.462 e. The second kappa shape index (κ2) is 37.2. The Morgan fingerprint density at radius 3 is 0.980 bits per heavy atom. The highest BCUT2D eigenvalue weighted by molar-refractivity contribution is 5.71. The summed E-state index contributed by atoms with van der Waals surface area (Å²) in [7, 11) is 0. The number of hydrogen-bond acceptors (Lipinski definition) is 6. The van der Waals surface area contributed by atoms with E-state index in [1.807, 2.05) is 0 Å². The van der Waals surface area contributed by atoms with Crippen LogP contribution in [0.3, 0.4) is 0 Å². The fraction of sp³-hybridized carbons (Fsp3) is 0.932. The molecule has 0 N–H and O–H groups in total. The molecule has 0 radical (unpaired) electrons. The van der Waals surface area contributed by atoms with Crippen LogP contribution in [0.25, 0.3) is 0 Å². The average molecular weight is 709 g/mol. The predicted octanol–water partition coefficient (Wildman–Crippen LogP) is 13.4. The zero-order chi connectivity index (χ0) is 36.9. The van der Waals surface area contributed by atoms with Crippen molar-refractivity contribution >= 4 is 17.9 Å². The SMILES string of the molecule is CCCCCCCCCCCC(=O)O[C@H](COC(=O)CCCCCCCCCCCCCC(C)C)COC(=O)CCCCCCCCC(C)C. The second-order valence-electron chi connectivity index (χ2n) is 15.9. The molecule has 0 aliphatic heterocycles. The third-order valence-electron chi connectivity index (χ3n) is 9.72. The Morgan fingerprint density at radius 1 is 0.380 bits per heavy atom. The van der Waals surface area contributed by atoms with Crippen molar-refractivity contribution in [1.29, 1.82) is 0 Å². The molecule has 6 heteroatoms. The molecule has 0 rings (SSSR count). The lowest BCUT2D eigenvalue weighted by molar-refractivity contribution is -0.167. The first-order valence-corrected chi connectivity index (χ1v) is 21.7. The summed E-state index contributed by atoms with van der Waals surface area (Å²) >= 11 is 0. The molecule has 6 nitrogen and oxygen atoms in total. The number of carbonyl (C=O) groups is 3. The Hall–Kier alpha value is -1.59. The van der Waals surface area contributed by atoms with Crippen molar-refractivity contribution in [3.63, 3.8) is 0 Å². The van der Waals surface area contributed by atoms with Crippen molar-refractivity contribution in [1.82, 2.24) is 0 Å². The minimum absolute atomic E-state index is 0.0660. The highest BCUT2D eigenvalue weighted by Gasteiger charge is 2.19. The van der Waals surface area contributed by atoms with E-state index in [1.165, 1.54) is 122 Å². The molecule has 0 saturated carbocycles. The summed E-state index contributed by atoms with van der Waals surface area (Å²) in [6, 6.07) is 0. The first-order valence-electron chi connectivity index (χ1n) is 21.7. The highest BCUT2D eigenvalue weighted by Crippen LogP contribution is 2.16. The van der Waals surface area contributed by atoms with E-state index in [4.69, 9.17) is 14.2 Å². The minimum atomic E-state index is -0.759. The largest absolute Gasteiger partial charge is 0.462 e. The molecule has 0 unspecified atom stereocenters. The Kier molecular flexibility index (Phi) is 36.0. The van der Waals surface area contributed by atoms with E-state index in [-0.39, 0.29) is 31.1 Å². The van der Waals surface area contributed by atoms with Crippen LogP contribution in [0.1, 0.15) is 234 Å². The number of esters is 3. The molecule has 0 spiro atoms. The Bertz CT molecular complexity index is 764. The van der Waals surface area contributed by atoms with Gasteiger partial charge in [-0.25, -0.2) is 0 Å². The van der Waals surface area contributed by atoms with Gasteiger partial charge in [0.25, 0.3) is 0 Å². The van der Waals surface area contributed by atoms with Crippen molar-refractivity contribution < 1.29 is 28.6 Å². The molecule has 0 aromatic rings. The van der Waals surface area contributed by atoms with Crippen LogP contribution in [0.15, 0.2) is 0 Å². The molecule has 0 aromatic heterocycles. The lowest BCUT2D eigenvalue weighted by atomic mass is 10.0. The lowest BCUT2D eigenvalue weighted by Gasteiger charge is -2.18. The molecule has 296 valence electrons. The summed E-state index contributed by atoms with van der Waals surface area (Å²) in [5.41, 5.74) is 0. The van der Waals surface area contributed by atoms with Gasteiger partial charge in [-0.1, -0.05) is 195 Å². The molecule has 0 heterocycles. The van der Waals surface area contributed by atoms with E-state index < -0.39 is 6.10 Å². The van der Waals surface area contributed by atoms with Gasteiger partial charge in [0.1, 0.15) is 13.2 Å². The molecule has 0 bridgehead atoms. The third-order valence-corrected chi connectivity index (χ3v) is 9.72. The van der Waals surface area contributed by atoms with E-state index in [0.717, 1.165) is 69.6 Å². The van der Waals surface area contributed by atoms with Gasteiger partial charge in [0.15, 0.2) is 6.10 Å². The fourth-order valence-corrected chi connectivity index (χ4v) is 6.40. The van der Waals surface area contributed by atoms with Crippen molar-refractivity contribution in [2.24, 2.45) is 11.8 Å². The molecule has 0 amide bonds. The molecule has 50 heavy (non-hydrogen) atoms. The summed E-state index contributed by atoms with van der Waals surface area (Å²) in [5, 5.41) is 0. The molecular weight excluding hydrogens is 624 g/mol. The van der Waals surface area contributed by atoms with Crippen LogP contribution in [-0.4, -0.2) is 37.2 Å². The summed E-state index contributed by atoms with van der Waals surface area (Å²) in [4.78, 5) is 37.5.